The molecule has 0 aliphatic rings. The van der Waals surface area contributed by atoms with Crippen LogP contribution in [0.2, 0.25) is 0 Å². The molecule has 0 aliphatic heterocycles. The Morgan fingerprint density at radius 2 is 1.62 bits per heavy atom. The Morgan fingerprint density at radius 1 is 1.08 bits per heavy atom. The predicted octanol–water partition coefficient (Wildman–Crippen LogP) is 2.19. The van der Waals surface area contributed by atoms with E-state index in [1.807, 2.05) is 13.8 Å². The molecule has 0 saturated carbocycles. The average molecular weight is 205 g/mol. The van der Waals surface area contributed by atoms with Gasteiger partial charge < -0.3 is 13.3 Å². The highest BCUT2D eigenvalue weighted by atomic mass is 28.4. The topological polar surface area (TPSA) is 27.7 Å². The quantitative estimate of drug-likeness (QED) is 0.569. The fourth-order valence-corrected chi connectivity index (χ4v) is 3.25. The Labute approximate surface area is 82.8 Å². The monoisotopic (exact) mass is 205 g/mol. The van der Waals surface area contributed by atoms with Gasteiger partial charge in [-0.15, -0.1) is 0 Å². The fraction of sp³-hybridized carbons (Fsp3) is 0.889. The zero-order valence-electron chi connectivity index (χ0n) is 9.13. The predicted molar refractivity (Wildman–Crippen MR) is 55.2 cm³/mol. The molecule has 0 fully saturated rings. The molecule has 0 bridgehead atoms. The van der Waals surface area contributed by atoms with Gasteiger partial charge in [-0.2, -0.15) is 0 Å². The molecule has 0 spiro atoms. The van der Waals surface area contributed by atoms with Crippen LogP contribution in [0.15, 0.2) is 0 Å². The van der Waals surface area contributed by atoms with Crippen molar-refractivity contribution in [3.05, 3.63) is 6.04 Å². The largest absolute Gasteiger partial charge is 0.504 e. The minimum atomic E-state index is -2.42. The van der Waals surface area contributed by atoms with Crippen LogP contribution in [0.5, 0.6) is 0 Å². The van der Waals surface area contributed by atoms with Crippen molar-refractivity contribution in [2.75, 3.05) is 20.3 Å². The third kappa shape index (κ3) is 4.76. The molecule has 0 heterocycles. The van der Waals surface area contributed by atoms with Gasteiger partial charge in [-0.25, -0.2) is 0 Å². The van der Waals surface area contributed by atoms with Crippen LogP contribution in [0.1, 0.15) is 33.6 Å². The van der Waals surface area contributed by atoms with Crippen LogP contribution in [0.25, 0.3) is 0 Å². The maximum absolute atomic E-state index is 5.56. The summed E-state index contributed by atoms with van der Waals surface area (Å²) in [6.45, 7) is 7.32. The highest BCUT2D eigenvalue weighted by Crippen LogP contribution is 2.15. The van der Waals surface area contributed by atoms with E-state index in [1.54, 1.807) is 7.11 Å². The molecule has 0 amide bonds. The molecule has 0 aromatic rings. The van der Waals surface area contributed by atoms with Gasteiger partial charge in [0.25, 0.3) is 0 Å². The molecule has 13 heavy (non-hydrogen) atoms. The summed E-state index contributed by atoms with van der Waals surface area (Å²) in [5.74, 6) is 0. The molecule has 0 atom stereocenters. The molecule has 4 heteroatoms. The highest BCUT2D eigenvalue weighted by molar-refractivity contribution is 6.64. The van der Waals surface area contributed by atoms with E-state index in [1.165, 1.54) is 0 Å². The number of unbranched alkanes of at least 4 members (excludes halogenated alkanes) is 1. The van der Waals surface area contributed by atoms with E-state index in [2.05, 4.69) is 13.0 Å². The van der Waals surface area contributed by atoms with Crippen molar-refractivity contribution in [1.29, 1.82) is 0 Å². The maximum atomic E-state index is 5.56. The molecule has 0 aromatic carbocycles. The van der Waals surface area contributed by atoms with Crippen molar-refractivity contribution in [1.82, 2.24) is 0 Å². The average Bonchev–Trinajstić information content (AvgIpc) is 2.15. The smallest absolute Gasteiger partial charge is 0.377 e. The van der Waals surface area contributed by atoms with E-state index >= 15 is 0 Å². The molecule has 0 saturated heterocycles. The summed E-state index contributed by atoms with van der Waals surface area (Å²) in [6, 6.07) is 2.07. The van der Waals surface area contributed by atoms with Crippen LogP contribution in [-0.2, 0) is 13.3 Å². The minimum Gasteiger partial charge on any atom is -0.377 e. The molecular formula is C9H21O3Si. The van der Waals surface area contributed by atoms with Gasteiger partial charge >= 0.3 is 8.80 Å². The SMILES string of the molecule is CCC[CH][Si](OC)(OCC)OCC. The van der Waals surface area contributed by atoms with E-state index in [-0.39, 0.29) is 0 Å². The van der Waals surface area contributed by atoms with E-state index in [9.17, 15) is 0 Å². The van der Waals surface area contributed by atoms with E-state index in [4.69, 9.17) is 13.3 Å². The van der Waals surface area contributed by atoms with Crippen LogP contribution in [0.4, 0.5) is 0 Å². The normalized spacial score (nSPS) is 12.0. The second kappa shape index (κ2) is 7.50. The lowest BCUT2D eigenvalue weighted by molar-refractivity contribution is 0.0942. The molecular weight excluding hydrogens is 184 g/mol. The summed E-state index contributed by atoms with van der Waals surface area (Å²) in [4.78, 5) is 0. The first-order valence-electron chi connectivity index (χ1n) is 4.92. The van der Waals surface area contributed by atoms with Crippen molar-refractivity contribution in [3.63, 3.8) is 0 Å². The second-order valence-electron chi connectivity index (χ2n) is 2.67. The van der Waals surface area contributed by atoms with Gasteiger partial charge in [0.15, 0.2) is 0 Å². The Bertz CT molecular complexity index is 113. The summed E-state index contributed by atoms with van der Waals surface area (Å²) < 4.78 is 16.5. The summed E-state index contributed by atoms with van der Waals surface area (Å²) >= 11 is 0. The molecule has 0 N–H and O–H groups in total. The molecule has 1 radical (unpaired) electrons. The molecule has 0 rings (SSSR count). The number of hydrogen-bond acceptors (Lipinski definition) is 3. The van der Waals surface area contributed by atoms with Crippen molar-refractivity contribution in [2.24, 2.45) is 0 Å². The third-order valence-corrected chi connectivity index (χ3v) is 4.40. The molecule has 3 nitrogen and oxygen atoms in total. The lowest BCUT2D eigenvalue weighted by atomic mass is 10.4. The molecule has 0 unspecified atom stereocenters. The van der Waals surface area contributed by atoms with Gasteiger partial charge in [0.05, 0.1) is 0 Å². The second-order valence-corrected chi connectivity index (χ2v) is 5.27. The van der Waals surface area contributed by atoms with Crippen LogP contribution in [0, 0.1) is 6.04 Å². The van der Waals surface area contributed by atoms with Gasteiger partial charge in [-0.1, -0.05) is 13.3 Å². The van der Waals surface area contributed by atoms with E-state index < -0.39 is 8.80 Å². The van der Waals surface area contributed by atoms with Gasteiger partial charge in [-0.05, 0) is 20.3 Å². The summed E-state index contributed by atoms with van der Waals surface area (Å²) in [7, 11) is -0.759. The number of rotatable bonds is 8. The third-order valence-electron chi connectivity index (χ3n) is 1.66. The maximum Gasteiger partial charge on any atom is 0.504 e. The highest BCUT2D eigenvalue weighted by Gasteiger charge is 2.38. The fourth-order valence-electron chi connectivity index (χ4n) is 1.08. The van der Waals surface area contributed by atoms with Gasteiger partial charge in [0.2, 0.25) is 0 Å². The first-order valence-corrected chi connectivity index (χ1v) is 6.72. The Balaban J connectivity index is 4.07. The van der Waals surface area contributed by atoms with Crippen molar-refractivity contribution in [2.45, 2.75) is 33.6 Å². The summed E-state index contributed by atoms with van der Waals surface area (Å²) in [6.07, 6.45) is 2.08. The summed E-state index contributed by atoms with van der Waals surface area (Å²) in [5, 5.41) is 0. The van der Waals surface area contributed by atoms with Crippen molar-refractivity contribution < 1.29 is 13.3 Å². The van der Waals surface area contributed by atoms with Gasteiger partial charge in [-0.3, -0.25) is 0 Å². The van der Waals surface area contributed by atoms with Crippen LogP contribution < -0.4 is 0 Å². The van der Waals surface area contributed by atoms with E-state index in [0.717, 1.165) is 12.8 Å². The summed E-state index contributed by atoms with van der Waals surface area (Å²) in [5.41, 5.74) is 0. The first-order chi connectivity index (χ1) is 6.24. The zero-order valence-corrected chi connectivity index (χ0v) is 10.1. The minimum absolute atomic E-state index is 0.639. The lowest BCUT2D eigenvalue weighted by Crippen LogP contribution is -2.46. The van der Waals surface area contributed by atoms with Crippen LogP contribution in [-0.4, -0.2) is 29.1 Å². The zero-order chi connectivity index (χ0) is 10.2. The Hall–Kier alpha value is 0.0969. The lowest BCUT2D eigenvalue weighted by Gasteiger charge is -2.26. The molecule has 0 aromatic heterocycles. The van der Waals surface area contributed by atoms with Gasteiger partial charge in [0.1, 0.15) is 0 Å². The Kier molecular flexibility index (Phi) is 7.55. The number of hydrogen-bond donors (Lipinski definition) is 0. The van der Waals surface area contributed by atoms with Crippen LogP contribution >= 0.6 is 0 Å². The van der Waals surface area contributed by atoms with Gasteiger partial charge in [0, 0.05) is 26.4 Å². The van der Waals surface area contributed by atoms with E-state index in [0.29, 0.717) is 13.2 Å². The van der Waals surface area contributed by atoms with Crippen molar-refractivity contribution in [3.8, 4) is 0 Å². The molecule has 79 valence electrons. The Morgan fingerprint density at radius 3 is 1.92 bits per heavy atom. The molecule has 0 aliphatic carbocycles. The standard InChI is InChI=1S/C9H21O3Si/c1-5-8-9-13(10-4,11-6-2)12-7-3/h9H,5-8H2,1-4H3. The first kappa shape index (κ1) is 13.1. The van der Waals surface area contributed by atoms with Crippen LogP contribution in [0.3, 0.4) is 0 Å². The van der Waals surface area contributed by atoms with Crippen molar-refractivity contribution >= 4 is 8.80 Å².